The van der Waals surface area contributed by atoms with Crippen LogP contribution in [0.4, 0.5) is 5.69 Å². The number of anilines is 1. The van der Waals surface area contributed by atoms with E-state index in [1.807, 2.05) is 32.0 Å². The maximum atomic E-state index is 5.95. The number of hydrogen-bond donors (Lipinski definition) is 1. The standard InChI is InChI=1S/C11H12ClN3/c1-7-5-9(13)3-4-11(7)15-6-10(12)8(2)14-15/h3-6H,13H2,1-2H3. The van der Waals surface area contributed by atoms with Gasteiger partial charge in [-0.05, 0) is 37.6 Å². The van der Waals surface area contributed by atoms with Crippen molar-refractivity contribution in [3.63, 3.8) is 0 Å². The Hall–Kier alpha value is -1.48. The second kappa shape index (κ2) is 3.59. The van der Waals surface area contributed by atoms with Gasteiger partial charge in [-0.2, -0.15) is 5.10 Å². The number of aryl methyl sites for hydroxylation is 2. The molecule has 0 unspecified atom stereocenters. The summed E-state index contributed by atoms with van der Waals surface area (Å²) in [5, 5.41) is 4.99. The van der Waals surface area contributed by atoms with Crippen LogP contribution in [0.25, 0.3) is 5.69 Å². The summed E-state index contributed by atoms with van der Waals surface area (Å²) in [7, 11) is 0. The highest BCUT2D eigenvalue weighted by Gasteiger charge is 2.06. The Morgan fingerprint density at radius 2 is 2.07 bits per heavy atom. The molecule has 0 atom stereocenters. The molecule has 0 saturated heterocycles. The molecule has 0 spiro atoms. The molecule has 15 heavy (non-hydrogen) atoms. The lowest BCUT2D eigenvalue weighted by molar-refractivity contribution is 0.856. The second-order valence-corrected chi connectivity index (χ2v) is 3.96. The summed E-state index contributed by atoms with van der Waals surface area (Å²) < 4.78 is 1.77. The first-order chi connectivity index (χ1) is 7.08. The maximum Gasteiger partial charge on any atom is 0.0819 e. The van der Waals surface area contributed by atoms with E-state index in [0.717, 1.165) is 22.6 Å². The van der Waals surface area contributed by atoms with Crippen LogP contribution in [0.1, 0.15) is 11.3 Å². The van der Waals surface area contributed by atoms with Crippen LogP contribution < -0.4 is 5.73 Å². The van der Waals surface area contributed by atoms with Gasteiger partial charge < -0.3 is 5.73 Å². The first kappa shape index (κ1) is 10.1. The highest BCUT2D eigenvalue weighted by Crippen LogP contribution is 2.20. The van der Waals surface area contributed by atoms with Crippen molar-refractivity contribution in [2.45, 2.75) is 13.8 Å². The topological polar surface area (TPSA) is 43.8 Å². The zero-order chi connectivity index (χ0) is 11.0. The fourth-order valence-electron chi connectivity index (χ4n) is 1.50. The van der Waals surface area contributed by atoms with Crippen LogP contribution in [0.5, 0.6) is 0 Å². The van der Waals surface area contributed by atoms with Crippen molar-refractivity contribution < 1.29 is 0 Å². The molecule has 0 aliphatic heterocycles. The maximum absolute atomic E-state index is 5.95. The lowest BCUT2D eigenvalue weighted by Gasteiger charge is -2.06. The van der Waals surface area contributed by atoms with Gasteiger partial charge in [0, 0.05) is 11.9 Å². The predicted octanol–water partition coefficient (Wildman–Crippen LogP) is 2.72. The minimum absolute atomic E-state index is 0.672. The highest BCUT2D eigenvalue weighted by atomic mass is 35.5. The van der Waals surface area contributed by atoms with Gasteiger partial charge in [-0.25, -0.2) is 4.68 Å². The molecule has 2 N–H and O–H groups in total. The molecular weight excluding hydrogens is 210 g/mol. The molecule has 1 aromatic carbocycles. The Labute approximate surface area is 93.5 Å². The third kappa shape index (κ3) is 1.83. The summed E-state index contributed by atoms with van der Waals surface area (Å²) in [5.74, 6) is 0. The van der Waals surface area contributed by atoms with Gasteiger partial charge in [-0.1, -0.05) is 11.6 Å². The van der Waals surface area contributed by atoms with E-state index in [2.05, 4.69) is 5.10 Å². The minimum atomic E-state index is 0.672. The normalized spacial score (nSPS) is 10.6. The molecule has 2 rings (SSSR count). The smallest absolute Gasteiger partial charge is 0.0819 e. The Morgan fingerprint density at radius 1 is 1.33 bits per heavy atom. The molecule has 1 aromatic heterocycles. The number of nitrogen functional groups attached to an aromatic ring is 1. The number of aromatic nitrogens is 2. The number of halogens is 1. The van der Waals surface area contributed by atoms with E-state index >= 15 is 0 Å². The molecule has 3 nitrogen and oxygen atoms in total. The van der Waals surface area contributed by atoms with Crippen molar-refractivity contribution >= 4 is 17.3 Å². The Balaban J connectivity index is 2.54. The summed E-state index contributed by atoms with van der Waals surface area (Å²) in [6.45, 7) is 3.88. The molecule has 0 fully saturated rings. The van der Waals surface area contributed by atoms with E-state index < -0.39 is 0 Å². The molecule has 0 amide bonds. The summed E-state index contributed by atoms with van der Waals surface area (Å²) in [5.41, 5.74) is 9.34. The molecule has 78 valence electrons. The predicted molar refractivity (Wildman–Crippen MR) is 62.5 cm³/mol. The molecule has 0 radical (unpaired) electrons. The molecule has 0 aliphatic carbocycles. The molecule has 4 heteroatoms. The molecular formula is C11H12ClN3. The number of benzene rings is 1. The van der Waals surface area contributed by atoms with Crippen LogP contribution in [-0.4, -0.2) is 9.78 Å². The zero-order valence-corrected chi connectivity index (χ0v) is 9.42. The largest absolute Gasteiger partial charge is 0.399 e. The van der Waals surface area contributed by atoms with E-state index in [0.29, 0.717) is 5.02 Å². The van der Waals surface area contributed by atoms with E-state index in [1.165, 1.54) is 0 Å². The van der Waals surface area contributed by atoms with Gasteiger partial charge in [0.05, 0.1) is 16.4 Å². The summed E-state index contributed by atoms with van der Waals surface area (Å²) in [6, 6.07) is 5.71. The minimum Gasteiger partial charge on any atom is -0.399 e. The SMILES string of the molecule is Cc1cc(N)ccc1-n1cc(Cl)c(C)n1. The fraction of sp³-hybridized carbons (Fsp3) is 0.182. The van der Waals surface area contributed by atoms with Crippen LogP contribution in [0.3, 0.4) is 0 Å². The van der Waals surface area contributed by atoms with Crippen LogP contribution in [0.2, 0.25) is 5.02 Å². The second-order valence-electron chi connectivity index (χ2n) is 3.55. The van der Waals surface area contributed by atoms with Gasteiger partial charge in [-0.15, -0.1) is 0 Å². The van der Waals surface area contributed by atoms with Gasteiger partial charge in [0.1, 0.15) is 0 Å². The summed E-state index contributed by atoms with van der Waals surface area (Å²) in [6.07, 6.45) is 1.80. The Morgan fingerprint density at radius 3 is 2.60 bits per heavy atom. The zero-order valence-electron chi connectivity index (χ0n) is 8.66. The lowest BCUT2D eigenvalue weighted by atomic mass is 10.2. The third-order valence-corrected chi connectivity index (χ3v) is 2.68. The van der Waals surface area contributed by atoms with Crippen molar-refractivity contribution in [3.8, 4) is 5.69 Å². The first-order valence-corrected chi connectivity index (χ1v) is 5.04. The lowest BCUT2D eigenvalue weighted by Crippen LogP contribution is -1.98. The summed E-state index contributed by atoms with van der Waals surface area (Å²) in [4.78, 5) is 0. The van der Waals surface area contributed by atoms with E-state index in [9.17, 15) is 0 Å². The number of nitrogens with two attached hydrogens (primary N) is 1. The molecule has 0 bridgehead atoms. The van der Waals surface area contributed by atoms with E-state index in [1.54, 1.807) is 10.9 Å². The van der Waals surface area contributed by atoms with E-state index in [-0.39, 0.29) is 0 Å². The molecule has 0 aliphatic rings. The third-order valence-electron chi connectivity index (χ3n) is 2.31. The van der Waals surface area contributed by atoms with Gasteiger partial charge in [-0.3, -0.25) is 0 Å². The number of nitrogens with zero attached hydrogens (tertiary/aromatic N) is 2. The van der Waals surface area contributed by atoms with Gasteiger partial charge in [0.25, 0.3) is 0 Å². The van der Waals surface area contributed by atoms with Crippen LogP contribution in [-0.2, 0) is 0 Å². The van der Waals surface area contributed by atoms with Crippen LogP contribution in [0, 0.1) is 13.8 Å². The monoisotopic (exact) mass is 221 g/mol. The average molecular weight is 222 g/mol. The Kier molecular flexibility index (Phi) is 2.40. The van der Waals surface area contributed by atoms with Crippen molar-refractivity contribution in [1.29, 1.82) is 0 Å². The highest BCUT2D eigenvalue weighted by molar-refractivity contribution is 6.31. The summed E-state index contributed by atoms with van der Waals surface area (Å²) >= 11 is 5.95. The van der Waals surface area contributed by atoms with E-state index in [4.69, 9.17) is 17.3 Å². The van der Waals surface area contributed by atoms with Gasteiger partial charge in [0.2, 0.25) is 0 Å². The van der Waals surface area contributed by atoms with Gasteiger partial charge in [0.15, 0.2) is 0 Å². The van der Waals surface area contributed by atoms with Gasteiger partial charge >= 0.3 is 0 Å². The fourth-order valence-corrected chi connectivity index (χ4v) is 1.63. The van der Waals surface area contributed by atoms with Crippen molar-refractivity contribution in [2.24, 2.45) is 0 Å². The first-order valence-electron chi connectivity index (χ1n) is 4.66. The quantitative estimate of drug-likeness (QED) is 0.753. The van der Waals surface area contributed by atoms with Crippen molar-refractivity contribution in [1.82, 2.24) is 9.78 Å². The van der Waals surface area contributed by atoms with Crippen LogP contribution in [0.15, 0.2) is 24.4 Å². The van der Waals surface area contributed by atoms with Crippen LogP contribution >= 0.6 is 11.6 Å². The molecule has 1 heterocycles. The molecule has 0 saturated carbocycles. The Bertz CT molecular complexity index is 483. The molecule has 2 aromatic rings. The van der Waals surface area contributed by atoms with Crippen molar-refractivity contribution in [2.75, 3.05) is 5.73 Å². The average Bonchev–Trinajstić information content (AvgIpc) is 2.46. The van der Waals surface area contributed by atoms with Crippen molar-refractivity contribution in [3.05, 3.63) is 40.7 Å². The number of hydrogen-bond acceptors (Lipinski definition) is 2. The number of rotatable bonds is 1.